The van der Waals surface area contributed by atoms with Gasteiger partial charge in [-0.2, -0.15) is 13.2 Å². The maximum absolute atomic E-state index is 12.3. The number of nitrogens with zero attached hydrogens (tertiary/aromatic N) is 1. The van der Waals surface area contributed by atoms with E-state index in [1.807, 2.05) is 13.0 Å². The molecule has 166 valence electrons. The lowest BCUT2D eigenvalue weighted by Crippen LogP contribution is -2.30. The highest BCUT2D eigenvalue weighted by Crippen LogP contribution is 2.29. The molecule has 0 unspecified atom stereocenters. The second-order valence-electron chi connectivity index (χ2n) is 5.94. The third-order valence-electron chi connectivity index (χ3n) is 3.71. The van der Waals surface area contributed by atoms with Gasteiger partial charge in [0.2, 0.25) is 0 Å². The number of hydrogen-bond donors (Lipinski definition) is 2. The molecule has 0 saturated carbocycles. The van der Waals surface area contributed by atoms with E-state index in [0.29, 0.717) is 29.6 Å². The van der Waals surface area contributed by atoms with E-state index >= 15 is 0 Å². The van der Waals surface area contributed by atoms with Gasteiger partial charge in [0.15, 0.2) is 24.1 Å². The van der Waals surface area contributed by atoms with Gasteiger partial charge >= 0.3 is 6.18 Å². The van der Waals surface area contributed by atoms with Crippen molar-refractivity contribution in [1.82, 2.24) is 5.32 Å². The van der Waals surface area contributed by atoms with Crippen molar-refractivity contribution in [2.45, 2.75) is 19.6 Å². The average molecular weight is 539 g/mol. The highest BCUT2D eigenvalue weighted by atomic mass is 127. The zero-order chi connectivity index (χ0) is 21.3. The van der Waals surface area contributed by atoms with Gasteiger partial charge in [-0.25, -0.2) is 4.99 Å². The normalized spacial score (nSPS) is 11.3. The van der Waals surface area contributed by atoms with Crippen molar-refractivity contribution in [1.29, 1.82) is 0 Å². The van der Waals surface area contributed by atoms with Crippen molar-refractivity contribution in [3.63, 3.8) is 0 Å². The summed E-state index contributed by atoms with van der Waals surface area (Å²) in [5.41, 5.74) is 1.46. The number of aliphatic imine (C=N–C) groups is 1. The maximum atomic E-state index is 12.3. The van der Waals surface area contributed by atoms with Gasteiger partial charge < -0.3 is 24.8 Å². The molecular formula is C20H25F3IN3O3. The first kappa shape index (κ1) is 25.7. The Morgan fingerprint density at radius 1 is 1.03 bits per heavy atom. The van der Waals surface area contributed by atoms with Crippen LogP contribution in [0.15, 0.2) is 47.5 Å². The number of guanidine groups is 1. The summed E-state index contributed by atoms with van der Waals surface area (Å²) in [5, 5.41) is 6.27. The van der Waals surface area contributed by atoms with Crippen LogP contribution in [0.3, 0.4) is 0 Å². The zero-order valence-corrected chi connectivity index (χ0v) is 19.2. The molecule has 0 aliphatic carbocycles. The molecule has 30 heavy (non-hydrogen) atoms. The van der Waals surface area contributed by atoms with Gasteiger partial charge in [-0.1, -0.05) is 12.1 Å². The molecule has 0 aliphatic rings. The summed E-state index contributed by atoms with van der Waals surface area (Å²) in [6.07, 6.45) is -4.38. The summed E-state index contributed by atoms with van der Waals surface area (Å²) < 4.78 is 52.2. The number of methoxy groups -OCH3 is 2. The quantitative estimate of drug-likeness (QED) is 0.286. The summed E-state index contributed by atoms with van der Waals surface area (Å²) in [5.74, 6) is 1.84. The van der Waals surface area contributed by atoms with Crippen LogP contribution in [0.1, 0.15) is 12.5 Å². The highest BCUT2D eigenvalue weighted by Gasteiger charge is 2.28. The minimum absolute atomic E-state index is 0. The molecule has 0 radical (unpaired) electrons. The van der Waals surface area contributed by atoms with E-state index in [1.54, 1.807) is 38.5 Å². The largest absolute Gasteiger partial charge is 0.493 e. The van der Waals surface area contributed by atoms with Gasteiger partial charge in [-0.3, -0.25) is 0 Å². The fourth-order valence-corrected chi connectivity index (χ4v) is 2.43. The Morgan fingerprint density at radius 3 is 2.40 bits per heavy atom. The van der Waals surface area contributed by atoms with Crippen LogP contribution in [0.25, 0.3) is 0 Å². The molecule has 2 N–H and O–H groups in total. The molecule has 6 nitrogen and oxygen atoms in total. The predicted octanol–water partition coefficient (Wildman–Crippen LogP) is 4.84. The molecule has 0 heterocycles. The SMILES string of the molecule is CCNC(=NCc1cccc(OCC(F)(F)F)c1)Nc1ccc(OC)c(OC)c1.I. The van der Waals surface area contributed by atoms with Crippen LogP contribution < -0.4 is 24.8 Å². The molecular weight excluding hydrogens is 514 g/mol. The molecule has 0 aliphatic heterocycles. The number of anilines is 1. The fourth-order valence-electron chi connectivity index (χ4n) is 2.43. The first-order chi connectivity index (χ1) is 13.8. The molecule has 0 fully saturated rings. The van der Waals surface area contributed by atoms with Gasteiger partial charge in [0.25, 0.3) is 0 Å². The first-order valence-electron chi connectivity index (χ1n) is 8.90. The van der Waals surface area contributed by atoms with E-state index in [9.17, 15) is 13.2 Å². The summed E-state index contributed by atoms with van der Waals surface area (Å²) in [4.78, 5) is 4.47. The van der Waals surface area contributed by atoms with Crippen LogP contribution in [-0.2, 0) is 6.54 Å². The van der Waals surface area contributed by atoms with E-state index in [1.165, 1.54) is 12.1 Å². The molecule has 0 saturated heterocycles. The van der Waals surface area contributed by atoms with Crippen molar-refractivity contribution >= 4 is 35.6 Å². The van der Waals surface area contributed by atoms with Crippen molar-refractivity contribution in [2.24, 2.45) is 4.99 Å². The van der Waals surface area contributed by atoms with Crippen LogP contribution in [0.5, 0.6) is 17.2 Å². The number of hydrogen-bond acceptors (Lipinski definition) is 4. The minimum Gasteiger partial charge on any atom is -0.493 e. The van der Waals surface area contributed by atoms with Crippen molar-refractivity contribution in [3.05, 3.63) is 48.0 Å². The van der Waals surface area contributed by atoms with Crippen LogP contribution in [0.2, 0.25) is 0 Å². The van der Waals surface area contributed by atoms with Gasteiger partial charge in [0, 0.05) is 18.3 Å². The van der Waals surface area contributed by atoms with Crippen LogP contribution in [0, 0.1) is 0 Å². The number of halogens is 4. The standard InChI is InChI=1S/C20H24F3N3O3.HI/c1-4-24-19(26-15-8-9-17(27-2)18(11-15)28-3)25-12-14-6-5-7-16(10-14)29-13-20(21,22)23;/h5-11H,4,12-13H2,1-3H3,(H2,24,25,26);1H. The molecule has 2 aromatic carbocycles. The predicted molar refractivity (Wildman–Crippen MR) is 121 cm³/mol. The number of benzene rings is 2. The number of nitrogens with one attached hydrogen (secondary N) is 2. The molecule has 0 amide bonds. The highest BCUT2D eigenvalue weighted by molar-refractivity contribution is 14.0. The summed E-state index contributed by atoms with van der Waals surface area (Å²) in [7, 11) is 3.11. The van der Waals surface area contributed by atoms with Gasteiger partial charge in [-0.05, 0) is 36.8 Å². The van der Waals surface area contributed by atoms with Crippen LogP contribution >= 0.6 is 24.0 Å². The monoisotopic (exact) mass is 539 g/mol. The average Bonchev–Trinajstić information content (AvgIpc) is 2.70. The van der Waals surface area contributed by atoms with E-state index in [2.05, 4.69) is 15.6 Å². The van der Waals surface area contributed by atoms with Gasteiger partial charge in [0.1, 0.15) is 5.75 Å². The van der Waals surface area contributed by atoms with Crippen LogP contribution in [-0.4, -0.2) is 39.5 Å². The van der Waals surface area contributed by atoms with Crippen molar-refractivity contribution < 1.29 is 27.4 Å². The Morgan fingerprint density at radius 2 is 1.77 bits per heavy atom. The Hall–Kier alpha value is -2.37. The number of alkyl halides is 3. The Kier molecular flexibility index (Phi) is 10.6. The second-order valence-corrected chi connectivity index (χ2v) is 5.94. The number of rotatable bonds is 8. The van der Waals surface area contributed by atoms with Crippen molar-refractivity contribution in [3.8, 4) is 17.2 Å². The van der Waals surface area contributed by atoms with E-state index in [-0.39, 0.29) is 36.3 Å². The molecule has 0 aromatic heterocycles. The molecule has 2 aromatic rings. The molecule has 0 spiro atoms. The topological polar surface area (TPSA) is 64.1 Å². The van der Waals surface area contributed by atoms with Gasteiger partial charge in [-0.15, -0.1) is 24.0 Å². The Bertz CT molecular complexity index is 832. The van der Waals surface area contributed by atoms with E-state index in [4.69, 9.17) is 14.2 Å². The Labute approximate surface area is 190 Å². The molecule has 0 atom stereocenters. The minimum atomic E-state index is -4.38. The third kappa shape index (κ3) is 8.56. The smallest absolute Gasteiger partial charge is 0.422 e. The summed E-state index contributed by atoms with van der Waals surface area (Å²) >= 11 is 0. The first-order valence-corrected chi connectivity index (χ1v) is 8.90. The summed E-state index contributed by atoms with van der Waals surface area (Å²) in [6, 6.07) is 11.8. The maximum Gasteiger partial charge on any atom is 0.422 e. The molecule has 0 bridgehead atoms. The molecule has 10 heteroatoms. The Balaban J connectivity index is 0.00000450. The van der Waals surface area contributed by atoms with Gasteiger partial charge in [0.05, 0.1) is 20.8 Å². The van der Waals surface area contributed by atoms with E-state index in [0.717, 1.165) is 5.69 Å². The number of ether oxygens (including phenoxy) is 3. The van der Waals surface area contributed by atoms with E-state index < -0.39 is 12.8 Å². The summed E-state index contributed by atoms with van der Waals surface area (Å²) in [6.45, 7) is 1.49. The third-order valence-corrected chi connectivity index (χ3v) is 3.71. The lowest BCUT2D eigenvalue weighted by molar-refractivity contribution is -0.153. The second kappa shape index (κ2) is 12.4. The lowest BCUT2D eigenvalue weighted by atomic mass is 10.2. The molecule has 2 rings (SSSR count). The van der Waals surface area contributed by atoms with Crippen LogP contribution in [0.4, 0.5) is 18.9 Å². The zero-order valence-electron chi connectivity index (χ0n) is 16.9. The fraction of sp³-hybridized carbons (Fsp3) is 0.350. The lowest BCUT2D eigenvalue weighted by Gasteiger charge is -2.14. The van der Waals surface area contributed by atoms with Crippen molar-refractivity contribution in [2.75, 3.05) is 32.7 Å².